The molecule has 1 fully saturated rings. The number of nitrogens with one attached hydrogen (secondary N) is 1. The maximum absolute atomic E-state index is 12.8. The largest absolute Gasteiger partial charge is 0.324 e. The number of aromatic nitrogens is 1. The summed E-state index contributed by atoms with van der Waals surface area (Å²) in [5.41, 5.74) is 5.12. The average molecular weight is 429 g/mol. The predicted octanol–water partition coefficient (Wildman–Crippen LogP) is 8.50. The van der Waals surface area contributed by atoms with Gasteiger partial charge in [0.15, 0.2) is 0 Å². The zero-order chi connectivity index (χ0) is 22.3. The molecule has 3 heteroatoms. The molecule has 1 aromatic rings. The molecule has 1 N–H and O–H groups in total. The van der Waals surface area contributed by atoms with Gasteiger partial charge in [0.05, 0.1) is 11.9 Å². The molecule has 1 amide bonds. The Kier molecular flexibility index (Phi) is 12.9. The standard InChI is InChI=1S/C28H48N2O/c1-4-7-8-9-10-14-17-21-27(31)30-26-22-29-25(6-3)24(18-5-2)28(26)23-19-15-12-11-13-16-20-23/h22-23H,4-21H2,1-3H3,(H,30,31). The minimum Gasteiger partial charge on any atom is -0.324 e. The number of unbranched alkanes of at least 4 members (excludes halogenated alkanes) is 6. The lowest BCUT2D eigenvalue weighted by molar-refractivity contribution is -0.116. The summed E-state index contributed by atoms with van der Waals surface area (Å²) in [4.78, 5) is 17.6. The van der Waals surface area contributed by atoms with Crippen LogP contribution >= 0.6 is 0 Å². The molecule has 0 unspecified atom stereocenters. The van der Waals surface area contributed by atoms with Crippen molar-refractivity contribution in [3.8, 4) is 0 Å². The highest BCUT2D eigenvalue weighted by atomic mass is 16.1. The number of nitrogens with zero attached hydrogens (tertiary/aromatic N) is 1. The van der Waals surface area contributed by atoms with Crippen LogP contribution < -0.4 is 5.32 Å². The monoisotopic (exact) mass is 428 g/mol. The summed E-state index contributed by atoms with van der Waals surface area (Å²) in [6, 6.07) is 0. The summed E-state index contributed by atoms with van der Waals surface area (Å²) < 4.78 is 0. The van der Waals surface area contributed by atoms with Crippen LogP contribution in [0.15, 0.2) is 6.20 Å². The Balaban J connectivity index is 2.08. The fraction of sp³-hybridized carbons (Fsp3) is 0.786. The molecule has 0 radical (unpaired) electrons. The number of aryl methyl sites for hydroxylation is 1. The van der Waals surface area contributed by atoms with E-state index < -0.39 is 0 Å². The minimum atomic E-state index is 0.175. The van der Waals surface area contributed by atoms with Crippen molar-refractivity contribution in [3.05, 3.63) is 23.0 Å². The topological polar surface area (TPSA) is 42.0 Å². The lowest BCUT2D eigenvalue weighted by Gasteiger charge is -2.27. The number of rotatable bonds is 13. The first-order valence-electron chi connectivity index (χ1n) is 13.5. The van der Waals surface area contributed by atoms with E-state index in [9.17, 15) is 4.79 Å². The van der Waals surface area contributed by atoms with Crippen LogP contribution in [0.2, 0.25) is 0 Å². The fourth-order valence-corrected chi connectivity index (χ4v) is 5.21. The van der Waals surface area contributed by atoms with Crippen molar-refractivity contribution in [2.24, 2.45) is 0 Å². The zero-order valence-electron chi connectivity index (χ0n) is 20.7. The molecule has 0 atom stereocenters. The summed E-state index contributed by atoms with van der Waals surface area (Å²) in [5.74, 6) is 0.748. The molecule has 0 saturated heterocycles. The van der Waals surface area contributed by atoms with Gasteiger partial charge in [0.25, 0.3) is 0 Å². The van der Waals surface area contributed by atoms with Crippen molar-refractivity contribution in [2.75, 3.05) is 5.32 Å². The minimum absolute atomic E-state index is 0.175. The molecule has 1 aliphatic rings. The van der Waals surface area contributed by atoms with E-state index in [1.54, 1.807) is 0 Å². The Morgan fingerprint density at radius 3 is 2.19 bits per heavy atom. The third-order valence-corrected chi connectivity index (χ3v) is 6.94. The van der Waals surface area contributed by atoms with Gasteiger partial charge in [0, 0.05) is 12.1 Å². The van der Waals surface area contributed by atoms with Crippen LogP contribution in [0.25, 0.3) is 0 Å². The van der Waals surface area contributed by atoms with Gasteiger partial charge in [-0.1, -0.05) is 97.8 Å². The molecule has 176 valence electrons. The van der Waals surface area contributed by atoms with Crippen molar-refractivity contribution in [1.82, 2.24) is 4.98 Å². The fourth-order valence-electron chi connectivity index (χ4n) is 5.21. The third kappa shape index (κ3) is 8.94. The Morgan fingerprint density at radius 2 is 1.55 bits per heavy atom. The van der Waals surface area contributed by atoms with Crippen LogP contribution in [0.5, 0.6) is 0 Å². The molecule has 1 aliphatic carbocycles. The number of anilines is 1. The summed E-state index contributed by atoms with van der Waals surface area (Å²) in [6.07, 6.45) is 23.7. The lowest BCUT2D eigenvalue weighted by atomic mass is 9.81. The van der Waals surface area contributed by atoms with E-state index in [4.69, 9.17) is 4.98 Å². The van der Waals surface area contributed by atoms with Gasteiger partial charge < -0.3 is 5.32 Å². The number of hydrogen-bond acceptors (Lipinski definition) is 2. The van der Waals surface area contributed by atoms with Gasteiger partial charge in [-0.15, -0.1) is 0 Å². The van der Waals surface area contributed by atoms with Crippen molar-refractivity contribution < 1.29 is 4.79 Å². The molecule has 2 rings (SSSR count). The number of hydrogen-bond donors (Lipinski definition) is 1. The maximum atomic E-state index is 12.8. The van der Waals surface area contributed by atoms with Gasteiger partial charge in [-0.2, -0.15) is 0 Å². The van der Waals surface area contributed by atoms with Crippen molar-refractivity contribution in [2.45, 2.75) is 142 Å². The van der Waals surface area contributed by atoms with Crippen molar-refractivity contribution >= 4 is 11.6 Å². The predicted molar refractivity (Wildman–Crippen MR) is 134 cm³/mol. The smallest absolute Gasteiger partial charge is 0.224 e. The van der Waals surface area contributed by atoms with Gasteiger partial charge >= 0.3 is 0 Å². The Morgan fingerprint density at radius 1 is 0.903 bits per heavy atom. The Bertz CT molecular complexity index is 632. The summed E-state index contributed by atoms with van der Waals surface area (Å²) in [6.45, 7) is 6.72. The van der Waals surface area contributed by atoms with Gasteiger partial charge in [0.1, 0.15) is 0 Å². The first-order chi connectivity index (χ1) is 15.2. The van der Waals surface area contributed by atoms with E-state index in [-0.39, 0.29) is 5.91 Å². The SMILES string of the molecule is CCCCCCCCCC(=O)Nc1cnc(CC)c(CCC)c1C1CCCCCCC1. The van der Waals surface area contributed by atoms with E-state index >= 15 is 0 Å². The van der Waals surface area contributed by atoms with Gasteiger partial charge in [-0.3, -0.25) is 9.78 Å². The third-order valence-electron chi connectivity index (χ3n) is 6.94. The van der Waals surface area contributed by atoms with Gasteiger partial charge in [-0.25, -0.2) is 0 Å². The van der Waals surface area contributed by atoms with Crippen molar-refractivity contribution in [1.29, 1.82) is 0 Å². The molecular formula is C28H48N2O. The van der Waals surface area contributed by atoms with Crippen molar-refractivity contribution in [3.63, 3.8) is 0 Å². The first kappa shape index (κ1) is 25.9. The molecule has 1 saturated carbocycles. The zero-order valence-corrected chi connectivity index (χ0v) is 20.7. The summed E-state index contributed by atoms with van der Waals surface area (Å²) in [7, 11) is 0. The van der Waals surface area contributed by atoms with E-state index in [0.717, 1.165) is 31.4 Å². The quantitative estimate of drug-likeness (QED) is 0.320. The van der Waals surface area contributed by atoms with E-state index in [2.05, 4.69) is 26.1 Å². The van der Waals surface area contributed by atoms with Gasteiger partial charge in [0.2, 0.25) is 5.91 Å². The highest BCUT2D eigenvalue weighted by Gasteiger charge is 2.23. The van der Waals surface area contributed by atoms with E-state index in [0.29, 0.717) is 12.3 Å². The lowest BCUT2D eigenvalue weighted by Crippen LogP contribution is -2.18. The molecule has 0 aliphatic heterocycles. The highest BCUT2D eigenvalue weighted by Crippen LogP contribution is 2.38. The molecule has 0 spiro atoms. The molecule has 31 heavy (non-hydrogen) atoms. The van der Waals surface area contributed by atoms with E-state index in [1.807, 2.05) is 6.20 Å². The van der Waals surface area contributed by atoms with Crippen LogP contribution in [0, 0.1) is 0 Å². The second-order valence-corrected chi connectivity index (χ2v) is 9.58. The number of pyridine rings is 1. The number of carbonyl (C=O) groups excluding carboxylic acids is 1. The molecule has 0 bridgehead atoms. The van der Waals surface area contributed by atoms with Crippen LogP contribution in [0.3, 0.4) is 0 Å². The van der Waals surface area contributed by atoms with Crippen LogP contribution in [-0.4, -0.2) is 10.9 Å². The molecule has 3 nitrogen and oxygen atoms in total. The van der Waals surface area contributed by atoms with Crippen LogP contribution in [-0.2, 0) is 17.6 Å². The number of carbonyl (C=O) groups is 1. The van der Waals surface area contributed by atoms with Crippen LogP contribution in [0.1, 0.15) is 146 Å². The van der Waals surface area contributed by atoms with Crippen LogP contribution in [0.4, 0.5) is 5.69 Å². The summed E-state index contributed by atoms with van der Waals surface area (Å²) in [5, 5.41) is 3.30. The maximum Gasteiger partial charge on any atom is 0.224 e. The molecule has 1 aromatic heterocycles. The van der Waals surface area contributed by atoms with E-state index in [1.165, 1.54) is 100 Å². The average Bonchev–Trinajstić information content (AvgIpc) is 2.74. The Hall–Kier alpha value is -1.38. The van der Waals surface area contributed by atoms with Gasteiger partial charge in [-0.05, 0) is 49.1 Å². The second-order valence-electron chi connectivity index (χ2n) is 9.58. The number of amides is 1. The normalized spacial score (nSPS) is 15.5. The molecule has 0 aromatic carbocycles. The second kappa shape index (κ2) is 15.4. The molecule has 1 heterocycles. The molecular weight excluding hydrogens is 380 g/mol. The Labute approximate surface area is 192 Å². The summed E-state index contributed by atoms with van der Waals surface area (Å²) >= 11 is 0. The highest BCUT2D eigenvalue weighted by molar-refractivity contribution is 5.91. The first-order valence-corrected chi connectivity index (χ1v) is 13.5.